The first-order valence-electron chi connectivity index (χ1n) is 7.97. The average Bonchev–Trinajstić information content (AvgIpc) is 3.29. The molecule has 9 heteroatoms. The van der Waals surface area contributed by atoms with E-state index < -0.39 is 21.5 Å². The number of carbonyl (C=O) groups is 1. The van der Waals surface area contributed by atoms with Crippen molar-refractivity contribution in [2.45, 2.75) is 43.9 Å². The van der Waals surface area contributed by atoms with Crippen LogP contribution in [-0.4, -0.2) is 34.8 Å². The van der Waals surface area contributed by atoms with Gasteiger partial charge in [-0.25, -0.2) is 8.42 Å². The van der Waals surface area contributed by atoms with E-state index in [0.717, 1.165) is 22.9 Å². The number of halogens is 1. The molecule has 1 amide bonds. The lowest BCUT2D eigenvalue weighted by atomic mass is 10.1. The van der Waals surface area contributed by atoms with Crippen LogP contribution in [-0.2, 0) is 14.6 Å². The van der Waals surface area contributed by atoms with Gasteiger partial charge in [0.05, 0.1) is 6.04 Å². The zero-order chi connectivity index (χ0) is 18.2. The number of nitrogens with zero attached hydrogens (tertiary/aromatic N) is 3. The molecule has 0 saturated heterocycles. The molecule has 1 aromatic heterocycles. The van der Waals surface area contributed by atoms with E-state index >= 15 is 0 Å². The molecule has 1 unspecified atom stereocenters. The van der Waals surface area contributed by atoms with Crippen LogP contribution in [0.4, 0.5) is 0 Å². The van der Waals surface area contributed by atoms with Crippen LogP contribution in [0.25, 0.3) is 0 Å². The maximum atomic E-state index is 12.6. The number of rotatable bonds is 6. The van der Waals surface area contributed by atoms with Crippen LogP contribution in [0.5, 0.6) is 0 Å². The quantitative estimate of drug-likeness (QED) is 0.764. The van der Waals surface area contributed by atoms with Crippen molar-refractivity contribution in [2.24, 2.45) is 0 Å². The Morgan fingerprint density at radius 1 is 1.32 bits per heavy atom. The minimum atomic E-state index is -3.84. The highest BCUT2D eigenvalue weighted by Gasteiger charge is 2.34. The number of nitrogens with one attached hydrogen (secondary N) is 1. The maximum absolute atomic E-state index is 12.6. The van der Waals surface area contributed by atoms with Crippen molar-refractivity contribution < 1.29 is 13.2 Å². The van der Waals surface area contributed by atoms with E-state index in [0.29, 0.717) is 5.82 Å². The van der Waals surface area contributed by atoms with Gasteiger partial charge in [0.15, 0.2) is 0 Å². The Kier molecular flexibility index (Phi) is 4.97. The van der Waals surface area contributed by atoms with Gasteiger partial charge in [-0.1, -0.05) is 28.1 Å². The zero-order valence-corrected chi connectivity index (χ0v) is 16.3. The minimum Gasteiger partial charge on any atom is -0.349 e. The third-order valence-electron chi connectivity index (χ3n) is 4.09. The van der Waals surface area contributed by atoms with Crippen molar-refractivity contribution in [3.8, 4) is 0 Å². The van der Waals surface area contributed by atoms with Crippen LogP contribution in [0.3, 0.4) is 0 Å². The largest absolute Gasteiger partial charge is 0.349 e. The summed E-state index contributed by atoms with van der Waals surface area (Å²) < 4.78 is 27.7. The van der Waals surface area contributed by atoms with Crippen molar-refractivity contribution in [2.75, 3.05) is 5.75 Å². The molecule has 1 fully saturated rings. The minimum absolute atomic E-state index is 0.112. The standard InChI is InChI=1S/C16H19BrN4O3S/c1-10(12-3-5-13(17)6-4-12)18-15(22)9-25(23,24)16-20-19-11(2)21(16)14-7-8-14/h3-6,10,14H,7-9H2,1-2H3,(H,18,22). The van der Waals surface area contributed by atoms with Crippen LogP contribution in [0.15, 0.2) is 33.9 Å². The topological polar surface area (TPSA) is 94.0 Å². The van der Waals surface area contributed by atoms with Crippen molar-refractivity contribution in [3.63, 3.8) is 0 Å². The molecule has 1 aliphatic rings. The third kappa shape index (κ3) is 4.09. The number of hydrogen-bond acceptors (Lipinski definition) is 5. The Morgan fingerprint density at radius 2 is 1.96 bits per heavy atom. The Balaban J connectivity index is 1.70. The molecule has 1 heterocycles. The van der Waals surface area contributed by atoms with E-state index in [1.165, 1.54) is 0 Å². The average molecular weight is 427 g/mol. The summed E-state index contributed by atoms with van der Waals surface area (Å²) in [5.41, 5.74) is 0.894. The van der Waals surface area contributed by atoms with E-state index in [9.17, 15) is 13.2 Å². The van der Waals surface area contributed by atoms with Crippen molar-refractivity contribution in [3.05, 3.63) is 40.1 Å². The fourth-order valence-electron chi connectivity index (χ4n) is 2.67. The van der Waals surface area contributed by atoms with Gasteiger partial charge in [-0.3, -0.25) is 9.36 Å². The van der Waals surface area contributed by atoms with E-state index in [2.05, 4.69) is 31.4 Å². The van der Waals surface area contributed by atoms with Gasteiger partial charge in [-0.2, -0.15) is 0 Å². The number of aromatic nitrogens is 3. The van der Waals surface area contributed by atoms with Crippen molar-refractivity contribution in [1.29, 1.82) is 0 Å². The van der Waals surface area contributed by atoms with Crippen LogP contribution < -0.4 is 5.32 Å². The molecule has 1 aromatic carbocycles. The molecule has 134 valence electrons. The summed E-state index contributed by atoms with van der Waals surface area (Å²) in [6.45, 7) is 3.53. The first-order chi connectivity index (χ1) is 11.8. The highest BCUT2D eigenvalue weighted by atomic mass is 79.9. The summed E-state index contributed by atoms with van der Waals surface area (Å²) in [6.07, 6.45) is 1.82. The van der Waals surface area contributed by atoms with Crippen LogP contribution in [0.2, 0.25) is 0 Å². The van der Waals surface area contributed by atoms with E-state index in [1.54, 1.807) is 11.5 Å². The van der Waals surface area contributed by atoms with Crippen molar-refractivity contribution >= 4 is 31.7 Å². The summed E-state index contributed by atoms with van der Waals surface area (Å²) in [5.74, 6) is -0.637. The second-order valence-corrected chi connectivity index (χ2v) is 9.03. The fourth-order valence-corrected chi connectivity index (χ4v) is 4.24. The molecule has 0 spiro atoms. The molecular weight excluding hydrogens is 408 g/mol. The number of amides is 1. The number of carbonyl (C=O) groups excluding carboxylic acids is 1. The number of sulfone groups is 1. The molecule has 0 radical (unpaired) electrons. The van der Waals surface area contributed by atoms with Crippen LogP contribution >= 0.6 is 15.9 Å². The van der Waals surface area contributed by atoms with Gasteiger partial charge >= 0.3 is 0 Å². The van der Waals surface area contributed by atoms with Gasteiger partial charge in [0.25, 0.3) is 5.16 Å². The first kappa shape index (κ1) is 18.1. The first-order valence-corrected chi connectivity index (χ1v) is 10.4. The van der Waals surface area contributed by atoms with E-state index in [1.807, 2.05) is 31.2 Å². The third-order valence-corrected chi connectivity index (χ3v) is 6.10. The Hall–Kier alpha value is -1.74. The molecule has 1 aliphatic carbocycles. The lowest BCUT2D eigenvalue weighted by Crippen LogP contribution is -2.33. The molecule has 1 atom stereocenters. The summed E-state index contributed by atoms with van der Waals surface area (Å²) >= 11 is 3.35. The Morgan fingerprint density at radius 3 is 2.56 bits per heavy atom. The normalized spacial score (nSPS) is 15.8. The van der Waals surface area contributed by atoms with Crippen LogP contribution in [0, 0.1) is 6.92 Å². The number of hydrogen-bond donors (Lipinski definition) is 1. The number of aryl methyl sites for hydroxylation is 1. The molecular formula is C16H19BrN4O3S. The van der Waals surface area contributed by atoms with Gasteiger partial charge in [0.2, 0.25) is 15.7 Å². The molecule has 7 nitrogen and oxygen atoms in total. The van der Waals surface area contributed by atoms with Gasteiger partial charge in [0.1, 0.15) is 11.6 Å². The predicted molar refractivity (Wildman–Crippen MR) is 95.8 cm³/mol. The molecule has 0 aliphatic heterocycles. The molecule has 0 bridgehead atoms. The van der Waals surface area contributed by atoms with Gasteiger partial charge in [0, 0.05) is 10.5 Å². The molecule has 1 N–H and O–H groups in total. The fraction of sp³-hybridized carbons (Fsp3) is 0.438. The number of benzene rings is 1. The highest BCUT2D eigenvalue weighted by Crippen LogP contribution is 2.37. The molecule has 2 aromatic rings. The maximum Gasteiger partial charge on any atom is 0.250 e. The van der Waals surface area contributed by atoms with Gasteiger partial charge in [-0.15, -0.1) is 10.2 Å². The SMILES string of the molecule is Cc1nnc(S(=O)(=O)CC(=O)NC(C)c2ccc(Br)cc2)n1C1CC1. The summed E-state index contributed by atoms with van der Waals surface area (Å²) in [5, 5.41) is 10.3. The summed E-state index contributed by atoms with van der Waals surface area (Å²) in [7, 11) is -3.84. The molecule has 3 rings (SSSR count). The van der Waals surface area contributed by atoms with E-state index in [4.69, 9.17) is 0 Å². The second-order valence-electron chi connectivity index (χ2n) is 6.23. The smallest absolute Gasteiger partial charge is 0.250 e. The van der Waals surface area contributed by atoms with Crippen LogP contribution in [0.1, 0.15) is 43.2 Å². The Labute approximate surface area is 154 Å². The second kappa shape index (κ2) is 6.87. The van der Waals surface area contributed by atoms with Crippen molar-refractivity contribution in [1.82, 2.24) is 20.1 Å². The van der Waals surface area contributed by atoms with Gasteiger partial charge < -0.3 is 5.32 Å². The Bertz CT molecular complexity index is 889. The summed E-state index contributed by atoms with van der Waals surface area (Å²) in [4.78, 5) is 12.2. The lowest BCUT2D eigenvalue weighted by molar-refractivity contribution is -0.119. The highest BCUT2D eigenvalue weighted by molar-refractivity contribution is 9.10. The zero-order valence-electron chi connectivity index (χ0n) is 13.9. The lowest BCUT2D eigenvalue weighted by Gasteiger charge is -2.14. The molecule has 25 heavy (non-hydrogen) atoms. The van der Waals surface area contributed by atoms with E-state index in [-0.39, 0.29) is 17.2 Å². The summed E-state index contributed by atoms with van der Waals surface area (Å²) in [6, 6.07) is 7.32. The predicted octanol–water partition coefficient (Wildman–Crippen LogP) is 2.34. The monoisotopic (exact) mass is 426 g/mol. The molecule has 1 saturated carbocycles. The van der Waals surface area contributed by atoms with Gasteiger partial charge in [-0.05, 0) is 44.4 Å².